The summed E-state index contributed by atoms with van der Waals surface area (Å²) in [6, 6.07) is 11.8. The molecule has 3 nitrogen and oxygen atoms in total. The van der Waals surface area contributed by atoms with Gasteiger partial charge in [-0.05, 0) is 49.1 Å². The lowest BCUT2D eigenvalue weighted by Gasteiger charge is -2.12. The summed E-state index contributed by atoms with van der Waals surface area (Å²) in [5.41, 5.74) is 10.9. The van der Waals surface area contributed by atoms with Gasteiger partial charge >= 0.3 is 0 Å². The van der Waals surface area contributed by atoms with Gasteiger partial charge < -0.3 is 10.5 Å². The Balaban J connectivity index is 2.11. The molecule has 104 valence electrons. The van der Waals surface area contributed by atoms with Crippen molar-refractivity contribution in [2.24, 2.45) is 5.73 Å². The normalized spacial score (nSPS) is 10.3. The van der Waals surface area contributed by atoms with E-state index in [4.69, 9.17) is 15.9 Å². The van der Waals surface area contributed by atoms with Crippen LogP contribution in [0.25, 0.3) is 0 Å². The van der Waals surface area contributed by atoms with E-state index >= 15 is 0 Å². The molecule has 0 aliphatic rings. The zero-order chi connectivity index (χ0) is 14.7. The predicted octanol–water partition coefficient (Wildman–Crippen LogP) is 3.47. The Morgan fingerprint density at radius 3 is 2.35 bits per heavy atom. The van der Waals surface area contributed by atoms with Crippen LogP contribution < -0.4 is 10.5 Å². The van der Waals surface area contributed by atoms with Crippen molar-refractivity contribution in [1.82, 2.24) is 0 Å². The minimum absolute atomic E-state index is 0.0858. The predicted molar refractivity (Wildman–Crippen MR) is 82.4 cm³/mol. The zero-order valence-electron chi connectivity index (χ0n) is 12.2. The van der Waals surface area contributed by atoms with Crippen LogP contribution in [0.2, 0.25) is 0 Å². The van der Waals surface area contributed by atoms with Crippen molar-refractivity contribution in [3.8, 4) is 5.75 Å². The van der Waals surface area contributed by atoms with Crippen LogP contribution in [0.1, 0.15) is 27.8 Å². The molecular weight excluding hydrogens is 248 g/mol. The number of amidine groups is 1. The van der Waals surface area contributed by atoms with Gasteiger partial charge in [-0.2, -0.15) is 0 Å². The largest absolute Gasteiger partial charge is 0.489 e. The van der Waals surface area contributed by atoms with Crippen molar-refractivity contribution in [2.75, 3.05) is 0 Å². The van der Waals surface area contributed by atoms with Gasteiger partial charge in [-0.15, -0.1) is 0 Å². The van der Waals surface area contributed by atoms with E-state index in [0.717, 1.165) is 16.9 Å². The average Bonchev–Trinajstić information content (AvgIpc) is 2.41. The first-order valence-electron chi connectivity index (χ1n) is 6.61. The third kappa shape index (κ3) is 3.18. The van der Waals surface area contributed by atoms with E-state index in [9.17, 15) is 0 Å². The number of benzene rings is 2. The van der Waals surface area contributed by atoms with Gasteiger partial charge in [-0.3, -0.25) is 5.41 Å². The maximum Gasteiger partial charge on any atom is 0.123 e. The second kappa shape index (κ2) is 5.78. The first-order chi connectivity index (χ1) is 9.47. The highest BCUT2D eigenvalue weighted by Crippen LogP contribution is 2.24. The quantitative estimate of drug-likeness (QED) is 0.659. The highest BCUT2D eigenvalue weighted by atomic mass is 16.5. The number of ether oxygens (including phenoxy) is 1. The molecule has 0 amide bonds. The Morgan fingerprint density at radius 1 is 1.10 bits per heavy atom. The van der Waals surface area contributed by atoms with Crippen molar-refractivity contribution in [3.05, 3.63) is 64.2 Å². The number of rotatable bonds is 4. The molecule has 3 N–H and O–H groups in total. The molecule has 0 aliphatic carbocycles. The number of hydrogen-bond donors (Lipinski definition) is 2. The molecule has 0 aromatic heterocycles. The van der Waals surface area contributed by atoms with Gasteiger partial charge in [0.05, 0.1) is 0 Å². The van der Waals surface area contributed by atoms with Crippen molar-refractivity contribution in [3.63, 3.8) is 0 Å². The van der Waals surface area contributed by atoms with Gasteiger partial charge in [-0.1, -0.05) is 30.3 Å². The fourth-order valence-corrected chi connectivity index (χ4v) is 2.09. The van der Waals surface area contributed by atoms with Crippen LogP contribution in [0.5, 0.6) is 5.75 Å². The molecule has 2 aromatic carbocycles. The van der Waals surface area contributed by atoms with Crippen LogP contribution in [0.15, 0.2) is 36.4 Å². The molecule has 0 bridgehead atoms. The summed E-state index contributed by atoms with van der Waals surface area (Å²) < 4.78 is 5.90. The van der Waals surface area contributed by atoms with E-state index in [-0.39, 0.29) is 5.84 Å². The van der Waals surface area contributed by atoms with E-state index in [1.165, 1.54) is 16.7 Å². The van der Waals surface area contributed by atoms with Gasteiger partial charge in [0, 0.05) is 5.56 Å². The zero-order valence-corrected chi connectivity index (χ0v) is 12.2. The molecule has 0 atom stereocenters. The molecule has 2 rings (SSSR count). The smallest absolute Gasteiger partial charge is 0.123 e. The summed E-state index contributed by atoms with van der Waals surface area (Å²) in [7, 11) is 0. The van der Waals surface area contributed by atoms with Gasteiger partial charge in [0.25, 0.3) is 0 Å². The number of hydrogen-bond acceptors (Lipinski definition) is 2. The highest BCUT2D eigenvalue weighted by Gasteiger charge is 2.04. The van der Waals surface area contributed by atoms with Gasteiger partial charge in [-0.25, -0.2) is 0 Å². The molecule has 0 aliphatic heterocycles. The molecule has 0 saturated heterocycles. The molecule has 0 spiro atoms. The lowest BCUT2D eigenvalue weighted by Crippen LogP contribution is -2.10. The number of nitrogen functional groups attached to an aromatic ring is 1. The SMILES string of the molecule is Cc1cc(C)c(C)c(OCc2ccc(C(=N)N)cc2)c1. The summed E-state index contributed by atoms with van der Waals surface area (Å²) in [6.07, 6.45) is 0. The molecule has 0 heterocycles. The summed E-state index contributed by atoms with van der Waals surface area (Å²) in [4.78, 5) is 0. The van der Waals surface area contributed by atoms with Gasteiger partial charge in [0.1, 0.15) is 18.2 Å². The first kappa shape index (κ1) is 14.1. The summed E-state index contributed by atoms with van der Waals surface area (Å²) in [6.45, 7) is 6.75. The van der Waals surface area contributed by atoms with Crippen LogP contribution in [-0.2, 0) is 6.61 Å². The summed E-state index contributed by atoms with van der Waals surface area (Å²) in [5.74, 6) is 1.01. The minimum atomic E-state index is 0.0858. The number of nitrogens with one attached hydrogen (secondary N) is 1. The minimum Gasteiger partial charge on any atom is -0.489 e. The summed E-state index contributed by atoms with van der Waals surface area (Å²) >= 11 is 0. The van der Waals surface area contributed by atoms with Crippen molar-refractivity contribution >= 4 is 5.84 Å². The highest BCUT2D eigenvalue weighted by molar-refractivity contribution is 5.94. The summed E-state index contributed by atoms with van der Waals surface area (Å²) in [5, 5.41) is 7.36. The molecule has 2 aromatic rings. The standard InChI is InChI=1S/C17H20N2O/c1-11-8-12(2)13(3)16(9-11)20-10-14-4-6-15(7-5-14)17(18)19/h4-9H,10H2,1-3H3,(H3,18,19). The topological polar surface area (TPSA) is 59.1 Å². The van der Waals surface area contributed by atoms with E-state index in [1.807, 2.05) is 24.3 Å². The van der Waals surface area contributed by atoms with Gasteiger partial charge in [0.2, 0.25) is 0 Å². The Morgan fingerprint density at radius 2 is 1.75 bits per heavy atom. The fourth-order valence-electron chi connectivity index (χ4n) is 2.09. The average molecular weight is 268 g/mol. The Hall–Kier alpha value is -2.29. The van der Waals surface area contributed by atoms with E-state index in [1.54, 1.807) is 0 Å². The first-order valence-corrected chi connectivity index (χ1v) is 6.61. The Kier molecular flexibility index (Phi) is 4.08. The Bertz CT molecular complexity index is 630. The number of aryl methyl sites for hydroxylation is 2. The second-order valence-electron chi connectivity index (χ2n) is 5.10. The molecule has 3 heteroatoms. The van der Waals surface area contributed by atoms with Crippen LogP contribution >= 0.6 is 0 Å². The van der Waals surface area contributed by atoms with Crippen molar-refractivity contribution in [1.29, 1.82) is 5.41 Å². The van der Waals surface area contributed by atoms with E-state index < -0.39 is 0 Å². The third-order valence-electron chi connectivity index (χ3n) is 3.42. The van der Waals surface area contributed by atoms with Crippen molar-refractivity contribution < 1.29 is 4.74 Å². The Labute approximate surface area is 119 Å². The third-order valence-corrected chi connectivity index (χ3v) is 3.42. The fraction of sp³-hybridized carbons (Fsp3) is 0.235. The lowest BCUT2D eigenvalue weighted by atomic mass is 10.1. The van der Waals surface area contributed by atoms with Gasteiger partial charge in [0.15, 0.2) is 0 Å². The monoisotopic (exact) mass is 268 g/mol. The van der Waals surface area contributed by atoms with Crippen LogP contribution in [0, 0.1) is 26.2 Å². The van der Waals surface area contributed by atoms with Crippen molar-refractivity contribution in [2.45, 2.75) is 27.4 Å². The molecule has 0 unspecified atom stereocenters. The molecule has 0 saturated carbocycles. The molecular formula is C17H20N2O. The maximum absolute atomic E-state index is 7.36. The lowest BCUT2D eigenvalue weighted by molar-refractivity contribution is 0.303. The molecule has 0 fully saturated rings. The van der Waals surface area contributed by atoms with Crippen LogP contribution in [0.3, 0.4) is 0 Å². The molecule has 20 heavy (non-hydrogen) atoms. The van der Waals surface area contributed by atoms with Crippen LogP contribution in [-0.4, -0.2) is 5.84 Å². The molecule has 0 radical (unpaired) electrons. The second-order valence-corrected chi connectivity index (χ2v) is 5.10. The maximum atomic E-state index is 7.36. The number of nitrogens with two attached hydrogens (primary N) is 1. The van der Waals surface area contributed by atoms with E-state index in [0.29, 0.717) is 6.61 Å². The van der Waals surface area contributed by atoms with Crippen LogP contribution in [0.4, 0.5) is 0 Å². The van der Waals surface area contributed by atoms with E-state index in [2.05, 4.69) is 32.9 Å².